The lowest BCUT2D eigenvalue weighted by Crippen LogP contribution is -2.10. The Morgan fingerprint density at radius 1 is 1.21 bits per heavy atom. The molecule has 0 spiro atoms. The van der Waals surface area contributed by atoms with E-state index in [0.29, 0.717) is 17.9 Å². The molecule has 0 aliphatic heterocycles. The summed E-state index contributed by atoms with van der Waals surface area (Å²) in [5, 5.41) is 7.02. The summed E-state index contributed by atoms with van der Waals surface area (Å²) in [7, 11) is 0. The minimum atomic E-state index is 0.287. The van der Waals surface area contributed by atoms with Crippen LogP contribution >= 0.6 is 0 Å². The first-order chi connectivity index (χ1) is 6.35. The van der Waals surface area contributed by atoms with Crippen LogP contribution in [0.5, 0.6) is 0 Å². The van der Waals surface area contributed by atoms with Crippen LogP contribution in [0.25, 0.3) is 0 Å². The van der Waals surface area contributed by atoms with Crippen LogP contribution < -0.4 is 5.32 Å². The van der Waals surface area contributed by atoms with E-state index in [9.17, 15) is 0 Å². The molecule has 0 aromatic carbocycles. The average Bonchev–Trinajstić information content (AvgIpc) is 2.47. The molecule has 4 heteroatoms. The summed E-state index contributed by atoms with van der Waals surface area (Å²) in [5.74, 6) is 0.670. The molecule has 1 aromatic rings. The predicted molar refractivity (Wildman–Crippen MR) is 54.0 cm³/mol. The highest BCUT2D eigenvalue weighted by atomic mass is 16.5. The van der Waals surface area contributed by atoms with E-state index in [4.69, 9.17) is 4.52 Å². The van der Waals surface area contributed by atoms with Gasteiger partial charge in [-0.15, -0.1) is 0 Å². The van der Waals surface area contributed by atoms with E-state index in [2.05, 4.69) is 43.2 Å². The van der Waals surface area contributed by atoms with Gasteiger partial charge in [-0.3, -0.25) is 0 Å². The van der Waals surface area contributed by atoms with E-state index in [1.165, 1.54) is 0 Å². The van der Waals surface area contributed by atoms with Crippen molar-refractivity contribution in [1.82, 2.24) is 10.1 Å². The highest BCUT2D eigenvalue weighted by Gasteiger charge is 2.65. The van der Waals surface area contributed by atoms with Gasteiger partial charge in [-0.05, 0) is 17.8 Å². The van der Waals surface area contributed by atoms with Crippen molar-refractivity contribution in [3.05, 3.63) is 5.82 Å². The molecule has 0 bridgehead atoms. The molecule has 0 radical (unpaired) electrons. The van der Waals surface area contributed by atoms with Gasteiger partial charge in [0.25, 0.3) is 0 Å². The molecule has 0 atom stereocenters. The lowest BCUT2D eigenvalue weighted by atomic mass is 10.0. The molecule has 1 aliphatic carbocycles. The Morgan fingerprint density at radius 2 is 1.79 bits per heavy atom. The van der Waals surface area contributed by atoms with Gasteiger partial charge in [0.05, 0.1) is 0 Å². The van der Waals surface area contributed by atoms with Crippen molar-refractivity contribution >= 4 is 6.01 Å². The third-order valence-corrected chi connectivity index (χ3v) is 3.82. The number of rotatable bonds is 2. The zero-order chi connectivity index (χ0) is 10.6. The topological polar surface area (TPSA) is 51.0 Å². The maximum absolute atomic E-state index is 5.03. The number of hydrogen-bond donors (Lipinski definition) is 1. The second-order valence-electron chi connectivity index (χ2n) is 5.17. The van der Waals surface area contributed by atoms with Gasteiger partial charge >= 0.3 is 6.01 Å². The van der Waals surface area contributed by atoms with E-state index in [-0.39, 0.29) is 10.8 Å². The van der Waals surface area contributed by atoms with Crippen molar-refractivity contribution in [2.45, 2.75) is 40.7 Å². The van der Waals surface area contributed by atoms with E-state index < -0.39 is 0 Å². The van der Waals surface area contributed by atoms with Gasteiger partial charge in [0, 0.05) is 6.04 Å². The summed E-state index contributed by atoms with van der Waals surface area (Å²) < 4.78 is 5.03. The Bertz CT molecular complexity index is 340. The van der Waals surface area contributed by atoms with E-state index in [0.717, 1.165) is 0 Å². The van der Waals surface area contributed by atoms with Crippen LogP contribution in [0.1, 0.15) is 33.5 Å². The van der Waals surface area contributed by atoms with Crippen LogP contribution in [0.2, 0.25) is 0 Å². The van der Waals surface area contributed by atoms with Crippen molar-refractivity contribution in [3.8, 4) is 0 Å². The first-order valence-corrected chi connectivity index (χ1v) is 4.92. The first-order valence-electron chi connectivity index (χ1n) is 4.92. The molecule has 14 heavy (non-hydrogen) atoms. The summed E-state index contributed by atoms with van der Waals surface area (Å²) in [6.07, 6.45) is 0. The molecule has 1 aliphatic rings. The maximum Gasteiger partial charge on any atom is 0.321 e. The van der Waals surface area contributed by atoms with Crippen LogP contribution in [0.15, 0.2) is 4.52 Å². The maximum atomic E-state index is 5.03. The van der Waals surface area contributed by atoms with Crippen molar-refractivity contribution in [2.75, 3.05) is 5.32 Å². The van der Waals surface area contributed by atoms with Crippen molar-refractivity contribution in [3.63, 3.8) is 0 Å². The van der Waals surface area contributed by atoms with E-state index >= 15 is 0 Å². The summed E-state index contributed by atoms with van der Waals surface area (Å²) in [5.41, 5.74) is 0.574. The second-order valence-corrected chi connectivity index (χ2v) is 5.17. The highest BCUT2D eigenvalue weighted by Crippen LogP contribution is 2.63. The molecular weight excluding hydrogens is 178 g/mol. The molecule has 1 N–H and O–H groups in total. The van der Waals surface area contributed by atoms with Crippen LogP contribution in [0.3, 0.4) is 0 Å². The third-order valence-electron chi connectivity index (χ3n) is 3.82. The Hall–Kier alpha value is -1.06. The van der Waals surface area contributed by atoms with E-state index in [1.54, 1.807) is 0 Å². The smallest absolute Gasteiger partial charge is 0.321 e. The van der Waals surface area contributed by atoms with Crippen molar-refractivity contribution in [1.29, 1.82) is 0 Å². The van der Waals surface area contributed by atoms with Gasteiger partial charge < -0.3 is 9.84 Å². The number of hydrogen-bond acceptors (Lipinski definition) is 4. The van der Waals surface area contributed by atoms with Gasteiger partial charge in [0.1, 0.15) is 0 Å². The minimum Gasteiger partial charge on any atom is -0.334 e. The molecule has 1 saturated carbocycles. The number of aromatic nitrogens is 2. The Labute approximate surface area is 84.1 Å². The molecule has 0 saturated heterocycles. The molecule has 0 unspecified atom stereocenters. The fourth-order valence-electron chi connectivity index (χ4n) is 2.04. The molecule has 2 rings (SSSR count). The zero-order valence-electron chi connectivity index (χ0n) is 9.38. The first kappa shape index (κ1) is 9.49. The normalized spacial score (nSPS) is 23.5. The fourth-order valence-corrected chi connectivity index (χ4v) is 2.04. The highest BCUT2D eigenvalue weighted by molar-refractivity contribution is 5.33. The second kappa shape index (κ2) is 2.49. The van der Waals surface area contributed by atoms with Gasteiger partial charge in [-0.2, -0.15) is 4.98 Å². The van der Waals surface area contributed by atoms with Crippen LogP contribution in [-0.4, -0.2) is 16.2 Å². The Morgan fingerprint density at radius 3 is 2.14 bits per heavy atom. The molecule has 0 amide bonds. The summed E-state index contributed by atoms with van der Waals surface area (Å²) in [6, 6.07) is 0.945. The van der Waals surface area contributed by atoms with Gasteiger partial charge in [-0.1, -0.05) is 32.9 Å². The average molecular weight is 195 g/mol. The van der Waals surface area contributed by atoms with Crippen molar-refractivity contribution < 1.29 is 4.52 Å². The Balaban J connectivity index is 2.08. The zero-order valence-corrected chi connectivity index (χ0v) is 9.38. The van der Waals surface area contributed by atoms with E-state index in [1.807, 2.05) is 6.92 Å². The van der Waals surface area contributed by atoms with Crippen LogP contribution in [0.4, 0.5) is 6.01 Å². The Kier molecular flexibility index (Phi) is 1.69. The van der Waals surface area contributed by atoms with Gasteiger partial charge in [-0.25, -0.2) is 0 Å². The van der Waals surface area contributed by atoms with Crippen LogP contribution in [0, 0.1) is 17.8 Å². The summed E-state index contributed by atoms with van der Waals surface area (Å²) in [4.78, 5) is 4.13. The fraction of sp³-hybridized carbons (Fsp3) is 0.800. The van der Waals surface area contributed by atoms with Gasteiger partial charge in [0.2, 0.25) is 0 Å². The lowest BCUT2D eigenvalue weighted by molar-refractivity contribution is 0.423. The number of nitrogens with one attached hydrogen (secondary N) is 1. The number of anilines is 1. The van der Waals surface area contributed by atoms with Crippen LogP contribution in [-0.2, 0) is 0 Å². The molecule has 78 valence electrons. The van der Waals surface area contributed by atoms with Crippen molar-refractivity contribution in [2.24, 2.45) is 10.8 Å². The molecule has 1 heterocycles. The lowest BCUT2D eigenvalue weighted by Gasteiger charge is -2.02. The predicted octanol–water partition coefficient (Wildman–Crippen LogP) is 2.22. The number of nitrogens with zero attached hydrogens (tertiary/aromatic N) is 2. The SMILES string of the molecule is Cc1noc(NC2C(C)(C)C2(C)C)n1. The molecule has 4 nitrogen and oxygen atoms in total. The summed E-state index contributed by atoms with van der Waals surface area (Å²) in [6.45, 7) is 10.8. The third kappa shape index (κ3) is 1.13. The largest absolute Gasteiger partial charge is 0.334 e. The standard InChI is InChI=1S/C10H17N3O/c1-6-11-8(14-13-6)12-7-9(2,3)10(7,4)5/h7H,1-5H3,(H,11,12,13). The molecule has 1 fully saturated rings. The number of aryl methyl sites for hydroxylation is 1. The molecular formula is C10H17N3O. The quantitative estimate of drug-likeness (QED) is 0.786. The summed E-state index contributed by atoms with van der Waals surface area (Å²) >= 11 is 0. The molecule has 1 aromatic heterocycles. The minimum absolute atomic E-state index is 0.287. The monoisotopic (exact) mass is 195 g/mol. The van der Waals surface area contributed by atoms with Gasteiger partial charge in [0.15, 0.2) is 5.82 Å².